The van der Waals surface area contributed by atoms with Crippen molar-refractivity contribution < 1.29 is 4.79 Å². The first kappa shape index (κ1) is 19.6. The minimum absolute atomic E-state index is 0.0659. The molecule has 1 N–H and O–H groups in total. The first-order chi connectivity index (χ1) is 14.1. The van der Waals surface area contributed by atoms with Gasteiger partial charge in [-0.2, -0.15) is 0 Å². The highest BCUT2D eigenvalue weighted by atomic mass is 32.1. The Labute approximate surface area is 173 Å². The molecule has 1 fully saturated rings. The highest BCUT2D eigenvalue weighted by Gasteiger charge is 2.26. The van der Waals surface area contributed by atoms with Crippen molar-refractivity contribution in [2.75, 3.05) is 13.1 Å². The number of aryl methyl sites for hydroxylation is 2. The van der Waals surface area contributed by atoms with E-state index in [4.69, 9.17) is 4.98 Å². The maximum atomic E-state index is 12.7. The van der Waals surface area contributed by atoms with Crippen LogP contribution in [0.25, 0.3) is 10.6 Å². The van der Waals surface area contributed by atoms with Crippen LogP contribution in [0.5, 0.6) is 0 Å². The van der Waals surface area contributed by atoms with E-state index in [9.17, 15) is 9.59 Å². The van der Waals surface area contributed by atoms with Gasteiger partial charge in [0.25, 0.3) is 5.56 Å². The average molecular weight is 412 g/mol. The van der Waals surface area contributed by atoms with Gasteiger partial charge in [0.05, 0.1) is 10.6 Å². The van der Waals surface area contributed by atoms with Gasteiger partial charge in [-0.25, -0.2) is 9.97 Å². The lowest BCUT2D eigenvalue weighted by molar-refractivity contribution is -0.132. The molecule has 0 aliphatic carbocycles. The highest BCUT2D eigenvalue weighted by Crippen LogP contribution is 2.27. The zero-order valence-electron chi connectivity index (χ0n) is 16.5. The number of hydrogen-bond donors (Lipinski definition) is 1. The Bertz CT molecular complexity index is 1020. The van der Waals surface area contributed by atoms with E-state index in [1.807, 2.05) is 35.5 Å². The van der Waals surface area contributed by atoms with Gasteiger partial charge in [0, 0.05) is 50.4 Å². The van der Waals surface area contributed by atoms with Crippen molar-refractivity contribution in [2.45, 2.75) is 45.1 Å². The Morgan fingerprint density at radius 1 is 1.41 bits per heavy atom. The second-order valence-corrected chi connectivity index (χ2v) is 8.39. The molecule has 0 spiro atoms. The van der Waals surface area contributed by atoms with Crippen LogP contribution in [0.15, 0.2) is 40.8 Å². The lowest BCUT2D eigenvalue weighted by Crippen LogP contribution is -2.39. The Kier molecular flexibility index (Phi) is 5.89. The summed E-state index contributed by atoms with van der Waals surface area (Å²) < 4.78 is 2.07. The van der Waals surface area contributed by atoms with Crippen molar-refractivity contribution in [2.24, 2.45) is 0 Å². The molecular formula is C21H25N5O2S. The van der Waals surface area contributed by atoms with Crippen molar-refractivity contribution in [3.8, 4) is 10.6 Å². The number of H-pyrrole nitrogens is 1. The zero-order valence-corrected chi connectivity index (χ0v) is 17.3. The van der Waals surface area contributed by atoms with Crippen LogP contribution in [-0.2, 0) is 11.3 Å². The van der Waals surface area contributed by atoms with Crippen molar-refractivity contribution in [1.82, 2.24) is 24.4 Å². The van der Waals surface area contributed by atoms with Crippen LogP contribution >= 0.6 is 11.3 Å². The van der Waals surface area contributed by atoms with Crippen LogP contribution in [-0.4, -0.2) is 43.4 Å². The number of amides is 1. The molecule has 0 bridgehead atoms. The summed E-state index contributed by atoms with van der Waals surface area (Å²) in [5, 5.41) is 1.98. The maximum Gasteiger partial charge on any atom is 0.251 e. The summed E-state index contributed by atoms with van der Waals surface area (Å²) >= 11 is 1.57. The third-order valence-electron chi connectivity index (χ3n) is 5.41. The van der Waals surface area contributed by atoms with Crippen LogP contribution in [0, 0.1) is 6.92 Å². The van der Waals surface area contributed by atoms with Gasteiger partial charge in [-0.3, -0.25) is 9.59 Å². The number of rotatable bonds is 6. The Balaban J connectivity index is 1.40. The fraction of sp³-hybridized carbons (Fsp3) is 0.429. The first-order valence-electron chi connectivity index (χ1n) is 10.0. The highest BCUT2D eigenvalue weighted by molar-refractivity contribution is 7.13. The van der Waals surface area contributed by atoms with Crippen molar-refractivity contribution in [3.63, 3.8) is 0 Å². The van der Waals surface area contributed by atoms with Gasteiger partial charge in [0.1, 0.15) is 11.6 Å². The number of aromatic amines is 1. The number of aromatic nitrogens is 4. The van der Waals surface area contributed by atoms with E-state index in [2.05, 4.69) is 14.5 Å². The molecule has 0 unspecified atom stereocenters. The standard InChI is InChI=1S/C21H25N5O2S/c1-15-22-8-11-25(15)9-3-7-20(28)26-10-2-5-16(14-26)21-23-17(13-19(27)24-21)18-6-4-12-29-18/h4,6,8,11-13,16H,2-3,5,7,9-10,14H2,1H3,(H,23,24,27)/t16-/m1/s1. The van der Waals surface area contributed by atoms with Gasteiger partial charge in [-0.1, -0.05) is 6.07 Å². The SMILES string of the molecule is Cc1nccn1CCCC(=O)N1CCC[C@@H](c2nc(-c3cccs3)cc(=O)[nH]2)C1. The van der Waals surface area contributed by atoms with E-state index in [1.54, 1.807) is 23.6 Å². The van der Waals surface area contributed by atoms with Crippen LogP contribution in [0.3, 0.4) is 0 Å². The third-order valence-corrected chi connectivity index (χ3v) is 6.30. The Hall–Kier alpha value is -2.74. The number of nitrogens with one attached hydrogen (secondary N) is 1. The second kappa shape index (κ2) is 8.73. The van der Waals surface area contributed by atoms with Gasteiger partial charge in [-0.15, -0.1) is 11.3 Å². The summed E-state index contributed by atoms with van der Waals surface area (Å²) in [4.78, 5) is 39.6. The number of carbonyl (C=O) groups is 1. The lowest BCUT2D eigenvalue weighted by Gasteiger charge is -2.32. The smallest absolute Gasteiger partial charge is 0.251 e. The summed E-state index contributed by atoms with van der Waals surface area (Å²) in [6.45, 7) is 4.15. The molecule has 0 saturated carbocycles. The molecule has 29 heavy (non-hydrogen) atoms. The second-order valence-electron chi connectivity index (χ2n) is 7.44. The molecule has 1 atom stereocenters. The summed E-state index contributed by atoms with van der Waals surface area (Å²) in [5.74, 6) is 1.89. The molecule has 1 amide bonds. The molecular weight excluding hydrogens is 386 g/mol. The number of piperidine rings is 1. The van der Waals surface area contributed by atoms with Crippen LogP contribution < -0.4 is 5.56 Å². The largest absolute Gasteiger partial charge is 0.342 e. The molecule has 1 aliphatic rings. The monoisotopic (exact) mass is 411 g/mol. The van der Waals surface area contributed by atoms with E-state index >= 15 is 0 Å². The Morgan fingerprint density at radius 3 is 3.07 bits per heavy atom. The minimum atomic E-state index is -0.141. The lowest BCUT2D eigenvalue weighted by atomic mass is 9.96. The maximum absolute atomic E-state index is 12.7. The third kappa shape index (κ3) is 4.64. The summed E-state index contributed by atoms with van der Waals surface area (Å²) in [5.41, 5.74) is 0.565. The molecule has 4 heterocycles. The average Bonchev–Trinajstić information content (AvgIpc) is 3.40. The molecule has 3 aromatic heterocycles. The predicted octanol–water partition coefficient (Wildman–Crippen LogP) is 3.19. The number of likely N-dealkylation sites (tertiary alicyclic amines) is 1. The van der Waals surface area contributed by atoms with Crippen molar-refractivity contribution in [3.05, 3.63) is 58.0 Å². The van der Waals surface area contributed by atoms with Gasteiger partial charge in [0.2, 0.25) is 5.91 Å². The summed E-state index contributed by atoms with van der Waals surface area (Å²) in [7, 11) is 0. The fourth-order valence-corrected chi connectivity index (χ4v) is 4.53. The van der Waals surface area contributed by atoms with Crippen LogP contribution in [0.1, 0.15) is 43.3 Å². The van der Waals surface area contributed by atoms with Crippen molar-refractivity contribution >= 4 is 17.2 Å². The molecule has 152 valence electrons. The topological polar surface area (TPSA) is 83.9 Å². The van der Waals surface area contributed by atoms with Crippen LogP contribution in [0.4, 0.5) is 0 Å². The van der Waals surface area contributed by atoms with Gasteiger partial charge in [0.15, 0.2) is 0 Å². The van der Waals surface area contributed by atoms with Gasteiger partial charge in [-0.05, 0) is 37.6 Å². The molecule has 8 heteroatoms. The number of hydrogen-bond acceptors (Lipinski definition) is 5. The van der Waals surface area contributed by atoms with E-state index < -0.39 is 0 Å². The normalized spacial score (nSPS) is 16.9. The van der Waals surface area contributed by atoms with E-state index in [1.165, 1.54) is 0 Å². The Morgan fingerprint density at radius 2 is 2.31 bits per heavy atom. The predicted molar refractivity (Wildman–Crippen MR) is 113 cm³/mol. The molecule has 7 nitrogen and oxygen atoms in total. The van der Waals surface area contributed by atoms with Crippen LogP contribution in [0.2, 0.25) is 0 Å². The molecule has 0 aromatic carbocycles. The quantitative estimate of drug-likeness (QED) is 0.675. The van der Waals surface area contributed by atoms with E-state index in [0.717, 1.165) is 43.1 Å². The van der Waals surface area contributed by atoms with E-state index in [-0.39, 0.29) is 17.4 Å². The molecule has 1 aliphatic heterocycles. The van der Waals surface area contributed by atoms with Gasteiger partial charge >= 0.3 is 0 Å². The summed E-state index contributed by atoms with van der Waals surface area (Å²) in [6.07, 6.45) is 6.88. The van der Waals surface area contributed by atoms with Crippen molar-refractivity contribution in [1.29, 1.82) is 0 Å². The van der Waals surface area contributed by atoms with Gasteiger partial charge < -0.3 is 14.5 Å². The minimum Gasteiger partial charge on any atom is -0.342 e. The molecule has 0 radical (unpaired) electrons. The fourth-order valence-electron chi connectivity index (χ4n) is 3.85. The summed E-state index contributed by atoms with van der Waals surface area (Å²) in [6, 6.07) is 5.46. The number of carbonyl (C=O) groups excluding carboxylic acids is 1. The number of imidazole rings is 1. The van der Waals surface area contributed by atoms with E-state index in [0.29, 0.717) is 24.5 Å². The molecule has 3 aromatic rings. The first-order valence-corrected chi connectivity index (χ1v) is 10.9. The molecule has 1 saturated heterocycles. The molecule has 4 rings (SSSR count). The zero-order chi connectivity index (χ0) is 20.2. The number of nitrogens with zero attached hydrogens (tertiary/aromatic N) is 4. The number of thiophene rings is 1.